The fourth-order valence-corrected chi connectivity index (χ4v) is 7.44. The van der Waals surface area contributed by atoms with Gasteiger partial charge in [0, 0.05) is 29.6 Å². The fourth-order valence-electron chi connectivity index (χ4n) is 3.65. The van der Waals surface area contributed by atoms with Crippen LogP contribution in [-0.2, 0) is 28.8 Å². The topological polar surface area (TPSA) is 212 Å². The van der Waals surface area contributed by atoms with Crippen LogP contribution in [0.25, 0.3) is 0 Å². The predicted octanol–water partition coefficient (Wildman–Crippen LogP) is 1.08. The first-order valence-electron chi connectivity index (χ1n) is 12.1. The molecule has 222 valence electrons. The van der Waals surface area contributed by atoms with Crippen LogP contribution in [0.3, 0.4) is 0 Å². The quantitative estimate of drug-likeness (QED) is 0.109. The number of aromatic nitrogens is 4. The number of hydrogen-bond donors (Lipinski definition) is 3. The number of nitrogens with zero attached hydrogens (tertiary/aromatic N) is 6. The SMILES string of the molecule is CC(C)(C)OC(=O)C(C)(C)ON=C(C(=O)NC1C(=O)N2CC(CSc3nncs3)(C(=O)O)CS[C@H]12)c1nsc(N)n1. The Morgan fingerprint density at radius 3 is 2.63 bits per heavy atom. The Morgan fingerprint density at radius 1 is 1.32 bits per heavy atom. The summed E-state index contributed by atoms with van der Waals surface area (Å²) in [6.07, 6.45) is 0. The van der Waals surface area contributed by atoms with Crippen molar-refractivity contribution in [3.05, 3.63) is 11.3 Å². The number of fused-ring (bicyclic) bond motifs is 1. The van der Waals surface area contributed by atoms with E-state index in [1.54, 1.807) is 26.3 Å². The summed E-state index contributed by atoms with van der Waals surface area (Å²) in [5, 5.41) is 23.8. The molecule has 0 aromatic carbocycles. The molecular formula is C22H28N8O7S4. The Hall–Kier alpha value is -3.03. The Balaban J connectivity index is 1.46. The average Bonchev–Trinajstić information content (AvgIpc) is 3.56. The molecule has 19 heteroatoms. The van der Waals surface area contributed by atoms with Crippen molar-refractivity contribution in [2.24, 2.45) is 10.6 Å². The van der Waals surface area contributed by atoms with Gasteiger partial charge in [-0.1, -0.05) is 28.3 Å². The normalized spacial score (nSPS) is 22.9. The van der Waals surface area contributed by atoms with Gasteiger partial charge in [-0.3, -0.25) is 14.4 Å². The zero-order valence-corrected chi connectivity index (χ0v) is 25.9. The number of aliphatic carboxylic acids is 1. The number of β-lactam (4-membered cyclic amide) rings is 1. The zero-order valence-electron chi connectivity index (χ0n) is 22.6. The van der Waals surface area contributed by atoms with E-state index in [0.29, 0.717) is 4.34 Å². The molecule has 2 unspecified atom stereocenters. The smallest absolute Gasteiger partial charge is 0.353 e. The van der Waals surface area contributed by atoms with Crippen LogP contribution in [0.4, 0.5) is 5.13 Å². The molecule has 2 aliphatic heterocycles. The highest BCUT2D eigenvalue weighted by Crippen LogP contribution is 2.44. The summed E-state index contributed by atoms with van der Waals surface area (Å²) in [6, 6.07) is -0.949. The van der Waals surface area contributed by atoms with E-state index in [9.17, 15) is 24.3 Å². The van der Waals surface area contributed by atoms with Crippen molar-refractivity contribution >= 4 is 81.0 Å². The van der Waals surface area contributed by atoms with Crippen LogP contribution in [0.5, 0.6) is 0 Å². The molecule has 0 radical (unpaired) electrons. The molecular weight excluding hydrogens is 617 g/mol. The molecule has 0 saturated carbocycles. The van der Waals surface area contributed by atoms with E-state index in [0.717, 1.165) is 11.5 Å². The summed E-state index contributed by atoms with van der Waals surface area (Å²) in [7, 11) is 0. The van der Waals surface area contributed by atoms with Crippen molar-refractivity contribution in [2.75, 3.05) is 23.8 Å². The number of ether oxygens (including phenoxy) is 1. The van der Waals surface area contributed by atoms with Crippen molar-refractivity contribution in [1.82, 2.24) is 29.8 Å². The minimum atomic E-state index is -1.57. The monoisotopic (exact) mass is 644 g/mol. The molecule has 2 fully saturated rings. The van der Waals surface area contributed by atoms with Crippen molar-refractivity contribution in [1.29, 1.82) is 0 Å². The molecule has 4 rings (SSSR count). The van der Waals surface area contributed by atoms with E-state index in [1.807, 2.05) is 0 Å². The maximum absolute atomic E-state index is 13.3. The van der Waals surface area contributed by atoms with E-state index < -0.39 is 57.5 Å². The van der Waals surface area contributed by atoms with Gasteiger partial charge in [0.1, 0.15) is 27.9 Å². The first-order chi connectivity index (χ1) is 19.1. The van der Waals surface area contributed by atoms with Gasteiger partial charge in [-0.2, -0.15) is 9.36 Å². The van der Waals surface area contributed by atoms with Crippen LogP contribution in [0.2, 0.25) is 0 Å². The predicted molar refractivity (Wildman–Crippen MR) is 152 cm³/mol. The minimum absolute atomic E-state index is 0.0185. The Morgan fingerprint density at radius 2 is 2.05 bits per heavy atom. The summed E-state index contributed by atoms with van der Waals surface area (Å²) >= 11 is 4.66. The van der Waals surface area contributed by atoms with Crippen molar-refractivity contribution < 1.29 is 33.9 Å². The van der Waals surface area contributed by atoms with Gasteiger partial charge >= 0.3 is 11.9 Å². The summed E-state index contributed by atoms with van der Waals surface area (Å²) in [4.78, 5) is 62.1. The third-order valence-electron chi connectivity index (χ3n) is 5.82. The standard InChI is InChI=1S/C22H28N8O7S4/c1-20(2,3)36-17(35)21(4,5)37-28-10(12-26-18(23)41-29-12)13(31)25-11-14(32)30-6-22(16(33)34,7-38-15(11)30)8-39-19-27-24-9-40-19/h9,11,15H,6-8H2,1-5H3,(H,25,31)(H,33,34)(H2,23,26,29)/t11?,15-,22?/m1/s1. The molecule has 2 aromatic rings. The molecule has 41 heavy (non-hydrogen) atoms. The molecule has 3 atom stereocenters. The van der Waals surface area contributed by atoms with E-state index in [2.05, 4.69) is 30.0 Å². The number of rotatable bonds is 10. The second kappa shape index (κ2) is 11.7. The fraction of sp³-hybridized carbons (Fsp3) is 0.591. The molecule has 2 aliphatic rings. The maximum Gasteiger partial charge on any atom is 0.353 e. The Bertz CT molecular complexity index is 1360. The summed E-state index contributed by atoms with van der Waals surface area (Å²) in [5.41, 5.74) is 3.31. The molecule has 2 amide bonds. The largest absolute Gasteiger partial charge is 0.481 e. The van der Waals surface area contributed by atoms with Crippen LogP contribution in [0.15, 0.2) is 15.0 Å². The van der Waals surface area contributed by atoms with E-state index in [1.165, 1.54) is 53.6 Å². The molecule has 2 aromatic heterocycles. The zero-order chi connectivity index (χ0) is 30.2. The highest BCUT2D eigenvalue weighted by Gasteiger charge is 2.57. The Kier molecular flexibility index (Phi) is 8.81. The molecule has 2 saturated heterocycles. The lowest BCUT2D eigenvalue weighted by Gasteiger charge is -2.53. The lowest BCUT2D eigenvalue weighted by molar-refractivity contribution is -0.179. The van der Waals surface area contributed by atoms with Crippen LogP contribution >= 0.6 is 46.4 Å². The first kappa shape index (κ1) is 30.9. The number of thioether (sulfide) groups is 2. The molecule has 0 bridgehead atoms. The van der Waals surface area contributed by atoms with Gasteiger partial charge in [0.2, 0.25) is 23.0 Å². The second-order valence-corrected chi connectivity index (χ2v) is 14.6. The van der Waals surface area contributed by atoms with Crippen LogP contribution < -0.4 is 11.1 Å². The van der Waals surface area contributed by atoms with Gasteiger partial charge < -0.3 is 30.6 Å². The van der Waals surface area contributed by atoms with Crippen molar-refractivity contribution in [3.8, 4) is 0 Å². The number of nitrogens with two attached hydrogens (primary N) is 1. The van der Waals surface area contributed by atoms with E-state index in [-0.39, 0.29) is 29.0 Å². The number of esters is 1. The molecule has 4 heterocycles. The molecule has 0 aliphatic carbocycles. The third kappa shape index (κ3) is 6.90. The van der Waals surface area contributed by atoms with Crippen LogP contribution in [0.1, 0.15) is 40.4 Å². The van der Waals surface area contributed by atoms with Gasteiger partial charge in [-0.05, 0) is 34.6 Å². The minimum Gasteiger partial charge on any atom is -0.481 e. The lowest BCUT2D eigenvalue weighted by atomic mass is 9.89. The van der Waals surface area contributed by atoms with E-state index >= 15 is 0 Å². The number of nitrogens with one attached hydrogen (secondary N) is 1. The van der Waals surface area contributed by atoms with Gasteiger partial charge in [-0.25, -0.2) is 4.79 Å². The number of anilines is 1. The number of carboxylic acid groups (broad SMARTS) is 1. The van der Waals surface area contributed by atoms with Gasteiger partial charge in [-0.15, -0.1) is 22.0 Å². The van der Waals surface area contributed by atoms with Gasteiger partial charge in [0.15, 0.2) is 9.47 Å². The molecule has 15 nitrogen and oxygen atoms in total. The van der Waals surface area contributed by atoms with Crippen LogP contribution in [0, 0.1) is 5.41 Å². The number of nitrogen functional groups attached to an aromatic ring is 1. The highest BCUT2D eigenvalue weighted by atomic mass is 32.2. The number of amides is 2. The highest BCUT2D eigenvalue weighted by molar-refractivity contribution is 8.01. The number of carboxylic acids is 1. The first-order valence-corrected chi connectivity index (χ1v) is 15.8. The average molecular weight is 645 g/mol. The number of carbonyl (C=O) groups excluding carboxylic acids is 3. The van der Waals surface area contributed by atoms with Crippen LogP contribution in [-0.4, -0.2) is 99.7 Å². The van der Waals surface area contributed by atoms with Crippen molar-refractivity contribution in [2.45, 2.75) is 61.6 Å². The summed E-state index contributed by atoms with van der Waals surface area (Å²) in [5.74, 6) is -2.74. The van der Waals surface area contributed by atoms with Gasteiger partial charge in [0.25, 0.3) is 5.91 Å². The third-order valence-corrected chi connectivity index (χ3v) is 10.1. The molecule has 4 N–H and O–H groups in total. The summed E-state index contributed by atoms with van der Waals surface area (Å²) in [6.45, 7) is 7.93. The van der Waals surface area contributed by atoms with Gasteiger partial charge in [0.05, 0.1) is 0 Å². The lowest BCUT2D eigenvalue weighted by Crippen LogP contribution is -2.74. The summed E-state index contributed by atoms with van der Waals surface area (Å²) < 4.78 is 10.0. The second-order valence-electron chi connectivity index (χ2n) is 10.7. The van der Waals surface area contributed by atoms with Crippen molar-refractivity contribution in [3.63, 3.8) is 0 Å². The number of oxime groups is 1. The number of carbonyl (C=O) groups is 4. The number of hydrogen-bond acceptors (Lipinski definition) is 16. The maximum atomic E-state index is 13.3. The Labute approximate surface area is 251 Å². The molecule has 0 spiro atoms. The van der Waals surface area contributed by atoms with E-state index in [4.69, 9.17) is 15.3 Å².